The minimum atomic E-state index is -1.33. The van der Waals surface area contributed by atoms with Crippen LogP contribution in [0.5, 0.6) is 0 Å². The molecule has 0 aromatic carbocycles. The number of hydrogen-bond acceptors (Lipinski definition) is 4. The van der Waals surface area contributed by atoms with Crippen LogP contribution < -0.4 is 11.5 Å². The van der Waals surface area contributed by atoms with Crippen LogP contribution in [-0.2, 0) is 16.1 Å². The molecule has 3 amide bonds. The fourth-order valence-electron chi connectivity index (χ4n) is 2.57. The summed E-state index contributed by atoms with van der Waals surface area (Å²) in [6, 6.07) is 0.576. The number of carbonyl (C=O) groups excluding carboxylic acids is 2. The average molecular weight is 439 g/mol. The predicted molar refractivity (Wildman–Crippen MR) is 81.6 cm³/mol. The van der Waals surface area contributed by atoms with Gasteiger partial charge in [-0.15, -0.1) is 0 Å². The van der Waals surface area contributed by atoms with Crippen molar-refractivity contribution in [3.63, 3.8) is 0 Å². The molecule has 120 valence electrons. The summed E-state index contributed by atoms with van der Waals surface area (Å²) in [4.78, 5) is 35.6. The quantitative estimate of drug-likeness (QED) is 0.611. The molecule has 0 bridgehead atoms. The first-order valence-corrected chi connectivity index (χ1v) is 7.72. The van der Waals surface area contributed by atoms with Crippen molar-refractivity contribution in [2.45, 2.75) is 19.0 Å². The van der Waals surface area contributed by atoms with Gasteiger partial charge in [-0.25, -0.2) is 4.79 Å². The zero-order valence-electron chi connectivity index (χ0n) is 11.2. The number of halogens is 2. The molecule has 11 heteroatoms. The molecule has 22 heavy (non-hydrogen) atoms. The number of nitrogens with zero attached hydrogens (tertiary/aromatic N) is 3. The van der Waals surface area contributed by atoms with Crippen LogP contribution in [0.4, 0.5) is 4.79 Å². The number of carbonyl (C=O) groups is 3. The Labute approximate surface area is 141 Å². The van der Waals surface area contributed by atoms with Crippen LogP contribution >= 0.6 is 31.9 Å². The molecular weight excluding hydrogens is 426 g/mol. The van der Waals surface area contributed by atoms with E-state index >= 15 is 0 Å². The van der Waals surface area contributed by atoms with Crippen LogP contribution in [0.2, 0.25) is 0 Å². The Morgan fingerprint density at radius 2 is 2.05 bits per heavy atom. The first-order chi connectivity index (χ1) is 10.2. The van der Waals surface area contributed by atoms with Gasteiger partial charge in [0, 0.05) is 12.6 Å². The maximum atomic E-state index is 12.0. The van der Waals surface area contributed by atoms with E-state index in [0.29, 0.717) is 9.21 Å². The smallest absolute Gasteiger partial charge is 0.408 e. The molecule has 1 saturated heterocycles. The van der Waals surface area contributed by atoms with E-state index in [4.69, 9.17) is 11.5 Å². The molecule has 2 heterocycles. The molecule has 1 aromatic rings. The van der Waals surface area contributed by atoms with Crippen molar-refractivity contribution in [2.24, 2.45) is 16.9 Å². The first kappa shape index (κ1) is 16.7. The zero-order chi connectivity index (χ0) is 16.7. The molecule has 2 rings (SSSR count). The van der Waals surface area contributed by atoms with Gasteiger partial charge in [-0.1, -0.05) is 0 Å². The monoisotopic (exact) mass is 437 g/mol. The lowest BCUT2D eigenvalue weighted by molar-refractivity contribution is -0.128. The summed E-state index contributed by atoms with van der Waals surface area (Å²) >= 11 is 6.48. The van der Waals surface area contributed by atoms with Crippen molar-refractivity contribution >= 4 is 49.8 Å². The third-order valence-electron chi connectivity index (χ3n) is 3.68. The normalized spacial score (nSPS) is 24.5. The number of nitrogens with two attached hydrogens (primary N) is 2. The van der Waals surface area contributed by atoms with E-state index in [-0.39, 0.29) is 19.5 Å². The lowest BCUT2D eigenvalue weighted by atomic mass is 9.84. The Morgan fingerprint density at radius 1 is 1.41 bits per heavy atom. The highest BCUT2D eigenvalue weighted by atomic mass is 79.9. The van der Waals surface area contributed by atoms with Crippen molar-refractivity contribution in [3.8, 4) is 0 Å². The minimum absolute atomic E-state index is 0.0298. The van der Waals surface area contributed by atoms with Gasteiger partial charge < -0.3 is 16.6 Å². The van der Waals surface area contributed by atoms with Gasteiger partial charge in [0.05, 0.1) is 12.0 Å². The number of primary amides is 2. The van der Waals surface area contributed by atoms with Crippen LogP contribution in [0, 0.1) is 5.41 Å². The number of aromatic nitrogens is 2. The Morgan fingerprint density at radius 3 is 2.41 bits per heavy atom. The van der Waals surface area contributed by atoms with E-state index in [1.165, 1.54) is 4.68 Å². The third-order valence-corrected chi connectivity index (χ3v) is 4.71. The van der Waals surface area contributed by atoms with E-state index in [1.54, 1.807) is 6.07 Å². The molecule has 5 N–H and O–H groups in total. The fraction of sp³-hybridized carbons (Fsp3) is 0.455. The van der Waals surface area contributed by atoms with Gasteiger partial charge in [-0.05, 0) is 38.3 Å². The van der Waals surface area contributed by atoms with Gasteiger partial charge in [0.15, 0.2) is 0 Å². The Kier molecular flexibility index (Phi) is 4.47. The standard InChI is InChI=1S/C11H13Br2N5O4/c12-6-1-7(13)18(16-6)4-11(9(15)20)2-5(8(14)19)17(3-11)10(21)22/h1,5H,2-4H2,(H2,14,19)(H2,15,20)(H,21,22)/t5-,11?/m0/s1. The zero-order valence-corrected chi connectivity index (χ0v) is 14.4. The van der Waals surface area contributed by atoms with E-state index in [1.807, 2.05) is 0 Å². The molecule has 0 spiro atoms. The van der Waals surface area contributed by atoms with Gasteiger partial charge >= 0.3 is 6.09 Å². The van der Waals surface area contributed by atoms with Gasteiger partial charge in [-0.3, -0.25) is 19.2 Å². The first-order valence-electron chi connectivity index (χ1n) is 6.14. The molecule has 1 aliphatic rings. The highest BCUT2D eigenvalue weighted by Crippen LogP contribution is 2.37. The summed E-state index contributed by atoms with van der Waals surface area (Å²) in [6.07, 6.45) is -1.40. The molecule has 0 radical (unpaired) electrons. The largest absolute Gasteiger partial charge is 0.465 e. The number of hydrogen-bond donors (Lipinski definition) is 3. The summed E-state index contributed by atoms with van der Waals surface area (Å²) in [5.41, 5.74) is 9.46. The number of carboxylic acid groups (broad SMARTS) is 1. The van der Waals surface area contributed by atoms with Crippen LogP contribution in [0.25, 0.3) is 0 Å². The lowest BCUT2D eigenvalue weighted by Crippen LogP contribution is -2.44. The molecule has 1 aromatic heterocycles. The van der Waals surface area contributed by atoms with Gasteiger partial charge in [0.2, 0.25) is 11.8 Å². The highest BCUT2D eigenvalue weighted by molar-refractivity contribution is 9.11. The Hall–Kier alpha value is -1.62. The minimum Gasteiger partial charge on any atom is -0.465 e. The number of amides is 3. The highest BCUT2D eigenvalue weighted by Gasteiger charge is 2.52. The number of likely N-dealkylation sites (tertiary alicyclic amines) is 1. The molecule has 0 aliphatic carbocycles. The number of rotatable bonds is 4. The second-order valence-electron chi connectivity index (χ2n) is 5.12. The molecule has 1 unspecified atom stereocenters. The Balaban J connectivity index is 2.38. The summed E-state index contributed by atoms with van der Waals surface area (Å²) < 4.78 is 2.60. The molecule has 9 nitrogen and oxygen atoms in total. The van der Waals surface area contributed by atoms with Crippen molar-refractivity contribution in [3.05, 3.63) is 15.3 Å². The molecule has 1 aliphatic heterocycles. The molecule has 2 atom stereocenters. The maximum absolute atomic E-state index is 12.0. The van der Waals surface area contributed by atoms with E-state index in [9.17, 15) is 19.5 Å². The van der Waals surface area contributed by atoms with E-state index in [0.717, 1.165) is 4.90 Å². The van der Waals surface area contributed by atoms with Crippen LogP contribution in [0.15, 0.2) is 15.3 Å². The van der Waals surface area contributed by atoms with Gasteiger partial charge in [0.1, 0.15) is 15.2 Å². The topological polar surface area (TPSA) is 145 Å². The van der Waals surface area contributed by atoms with Crippen LogP contribution in [0.1, 0.15) is 6.42 Å². The predicted octanol–water partition coefficient (Wildman–Crippen LogP) is 0.117. The second-order valence-corrected chi connectivity index (χ2v) is 6.75. The average Bonchev–Trinajstić information content (AvgIpc) is 2.92. The lowest BCUT2D eigenvalue weighted by Gasteiger charge is -2.25. The van der Waals surface area contributed by atoms with Crippen molar-refractivity contribution < 1.29 is 19.5 Å². The molecule has 0 saturated carbocycles. The summed E-state index contributed by atoms with van der Waals surface area (Å²) in [5.74, 6) is -1.52. The molecular formula is C11H13Br2N5O4. The fourth-order valence-corrected chi connectivity index (χ4v) is 3.71. The third kappa shape index (κ3) is 2.95. The van der Waals surface area contributed by atoms with Crippen LogP contribution in [0.3, 0.4) is 0 Å². The summed E-state index contributed by atoms with van der Waals surface area (Å²) in [7, 11) is 0. The van der Waals surface area contributed by atoms with Gasteiger partial charge in [0.25, 0.3) is 0 Å². The SMILES string of the molecule is NC(=O)[C@@H]1CC(Cn2nc(Br)cc2Br)(C(N)=O)CN1C(=O)O. The summed E-state index contributed by atoms with van der Waals surface area (Å²) in [6.45, 7) is -0.183. The summed E-state index contributed by atoms with van der Waals surface area (Å²) in [5, 5.41) is 13.3. The van der Waals surface area contributed by atoms with Gasteiger partial charge in [-0.2, -0.15) is 5.10 Å². The van der Waals surface area contributed by atoms with E-state index < -0.39 is 29.4 Å². The maximum Gasteiger partial charge on any atom is 0.408 e. The second kappa shape index (κ2) is 5.88. The van der Waals surface area contributed by atoms with Crippen molar-refractivity contribution in [1.29, 1.82) is 0 Å². The van der Waals surface area contributed by atoms with Crippen molar-refractivity contribution in [2.75, 3.05) is 6.54 Å². The Bertz CT molecular complexity index is 624. The molecule has 1 fully saturated rings. The van der Waals surface area contributed by atoms with Crippen LogP contribution in [-0.4, -0.2) is 50.3 Å². The van der Waals surface area contributed by atoms with Crippen molar-refractivity contribution in [1.82, 2.24) is 14.7 Å². The van der Waals surface area contributed by atoms with E-state index in [2.05, 4.69) is 37.0 Å².